The van der Waals surface area contributed by atoms with E-state index in [1.54, 1.807) is 6.07 Å². The van der Waals surface area contributed by atoms with Crippen molar-refractivity contribution >= 4 is 23.5 Å². The second kappa shape index (κ2) is 3.62. The third-order valence-corrected chi connectivity index (χ3v) is 2.12. The van der Waals surface area contributed by atoms with Crippen LogP contribution in [0.5, 0.6) is 0 Å². The summed E-state index contributed by atoms with van der Waals surface area (Å²) >= 11 is 0. The Labute approximate surface area is 89.2 Å². The number of hydrogen-bond donors (Lipinski definition) is 0. The van der Waals surface area contributed by atoms with Gasteiger partial charge in [-0.3, -0.25) is 9.79 Å². The van der Waals surface area contributed by atoms with E-state index in [9.17, 15) is 18.0 Å². The molecule has 0 spiro atoms. The van der Waals surface area contributed by atoms with Gasteiger partial charge in [0.1, 0.15) is 0 Å². The first kappa shape index (κ1) is 10.7. The third-order valence-electron chi connectivity index (χ3n) is 2.12. The lowest BCUT2D eigenvalue weighted by molar-refractivity contribution is -0.149. The summed E-state index contributed by atoms with van der Waals surface area (Å²) in [5.74, 6) is -1.03. The fourth-order valence-electron chi connectivity index (χ4n) is 1.49. The lowest BCUT2D eigenvalue weighted by atomic mass is 10.2. The molecule has 1 aromatic carbocycles. The van der Waals surface area contributed by atoms with E-state index in [0.29, 0.717) is 0 Å². The third kappa shape index (κ3) is 1.78. The molecule has 0 saturated heterocycles. The van der Waals surface area contributed by atoms with Crippen molar-refractivity contribution in [1.29, 1.82) is 0 Å². The van der Waals surface area contributed by atoms with E-state index in [4.69, 9.17) is 0 Å². The van der Waals surface area contributed by atoms with E-state index in [1.165, 1.54) is 24.4 Å². The van der Waals surface area contributed by atoms with E-state index in [1.807, 2.05) is 0 Å². The van der Waals surface area contributed by atoms with Crippen molar-refractivity contribution in [3.8, 4) is 0 Å². The summed E-state index contributed by atoms with van der Waals surface area (Å²) in [5.41, 5.74) is -0.0839. The van der Waals surface area contributed by atoms with Crippen molar-refractivity contribution in [2.45, 2.75) is 12.7 Å². The highest BCUT2D eigenvalue weighted by Gasteiger charge is 2.43. The second-order valence-corrected chi connectivity index (χ2v) is 3.20. The molecule has 1 amide bonds. The standard InChI is InChI=1S/C10H7F3N2O/c11-10(12,13)15-8-4-2-1-3-7(8)14-6-5-9(15)16/h1-4,6H,5H2. The van der Waals surface area contributed by atoms with Gasteiger partial charge in [-0.15, -0.1) is 13.2 Å². The van der Waals surface area contributed by atoms with Gasteiger partial charge in [-0.05, 0) is 12.1 Å². The molecule has 1 heterocycles. The monoisotopic (exact) mass is 228 g/mol. The van der Waals surface area contributed by atoms with Gasteiger partial charge in [0.2, 0.25) is 5.91 Å². The Bertz CT molecular complexity index is 454. The maximum Gasteiger partial charge on any atom is 0.491 e. The van der Waals surface area contributed by atoms with Gasteiger partial charge in [0.25, 0.3) is 0 Å². The van der Waals surface area contributed by atoms with Gasteiger partial charge < -0.3 is 0 Å². The van der Waals surface area contributed by atoms with Crippen molar-refractivity contribution in [2.24, 2.45) is 4.99 Å². The van der Waals surface area contributed by atoms with Crippen LogP contribution in [0.25, 0.3) is 0 Å². The average molecular weight is 228 g/mol. The molecule has 1 aliphatic heterocycles. The van der Waals surface area contributed by atoms with E-state index in [-0.39, 0.29) is 22.7 Å². The van der Waals surface area contributed by atoms with Crippen LogP contribution in [0.3, 0.4) is 0 Å². The first-order chi connectivity index (χ1) is 7.50. The summed E-state index contributed by atoms with van der Waals surface area (Å²) in [5, 5.41) is 0. The van der Waals surface area contributed by atoms with Crippen molar-refractivity contribution in [3.63, 3.8) is 0 Å². The number of benzene rings is 1. The maximum absolute atomic E-state index is 12.7. The number of nitrogens with zero attached hydrogens (tertiary/aromatic N) is 2. The summed E-state index contributed by atoms with van der Waals surface area (Å²) in [6, 6.07) is 5.67. The predicted molar refractivity (Wildman–Crippen MR) is 52.8 cm³/mol. The molecule has 16 heavy (non-hydrogen) atoms. The Morgan fingerprint density at radius 2 is 1.94 bits per heavy atom. The number of alkyl halides is 3. The molecule has 3 nitrogen and oxygen atoms in total. The number of hydrogen-bond acceptors (Lipinski definition) is 2. The van der Waals surface area contributed by atoms with Crippen LogP contribution in [0, 0.1) is 0 Å². The summed E-state index contributed by atoms with van der Waals surface area (Å²) in [4.78, 5) is 15.0. The molecule has 1 aromatic rings. The SMILES string of the molecule is O=C1CC=Nc2ccccc2N1C(F)(F)F. The number of anilines is 1. The van der Waals surface area contributed by atoms with Crippen molar-refractivity contribution < 1.29 is 18.0 Å². The van der Waals surface area contributed by atoms with Gasteiger partial charge in [-0.1, -0.05) is 12.1 Å². The largest absolute Gasteiger partial charge is 0.491 e. The van der Waals surface area contributed by atoms with Gasteiger partial charge >= 0.3 is 6.30 Å². The molecular formula is C10H7F3N2O. The van der Waals surface area contributed by atoms with Crippen LogP contribution in [-0.2, 0) is 4.79 Å². The molecule has 2 rings (SSSR count). The molecular weight excluding hydrogens is 221 g/mol. The maximum atomic E-state index is 12.7. The first-order valence-electron chi connectivity index (χ1n) is 4.51. The average Bonchev–Trinajstić information content (AvgIpc) is 2.34. The first-order valence-corrected chi connectivity index (χ1v) is 4.51. The molecule has 0 aromatic heterocycles. The number of carbonyl (C=O) groups is 1. The summed E-state index contributed by atoms with van der Waals surface area (Å²) in [7, 11) is 0. The molecule has 6 heteroatoms. The lowest BCUT2D eigenvalue weighted by Gasteiger charge is -2.24. The summed E-state index contributed by atoms with van der Waals surface area (Å²) in [6.07, 6.45) is -3.89. The smallest absolute Gasteiger partial charge is 0.274 e. The summed E-state index contributed by atoms with van der Waals surface area (Å²) in [6.45, 7) is 0. The van der Waals surface area contributed by atoms with Gasteiger partial charge in [-0.2, -0.15) is 0 Å². The highest BCUT2D eigenvalue weighted by Crippen LogP contribution is 2.37. The molecule has 0 bridgehead atoms. The number of amides is 1. The van der Waals surface area contributed by atoms with Crippen molar-refractivity contribution in [1.82, 2.24) is 0 Å². The number of rotatable bonds is 0. The van der Waals surface area contributed by atoms with Crippen molar-refractivity contribution in [2.75, 3.05) is 4.90 Å². The molecule has 0 radical (unpaired) electrons. The van der Waals surface area contributed by atoms with Gasteiger partial charge in [0.05, 0.1) is 17.8 Å². The lowest BCUT2D eigenvalue weighted by Crippen LogP contribution is -2.42. The van der Waals surface area contributed by atoms with Crippen LogP contribution < -0.4 is 4.90 Å². The topological polar surface area (TPSA) is 32.7 Å². The number of halogens is 3. The minimum Gasteiger partial charge on any atom is -0.274 e. The van der Waals surface area contributed by atoms with Gasteiger partial charge in [0.15, 0.2) is 0 Å². The quantitative estimate of drug-likeness (QED) is 0.628. The van der Waals surface area contributed by atoms with E-state index < -0.39 is 12.2 Å². The summed E-state index contributed by atoms with van der Waals surface area (Å²) < 4.78 is 38.1. The molecule has 1 aliphatic rings. The highest BCUT2D eigenvalue weighted by atomic mass is 19.4. The Morgan fingerprint density at radius 3 is 2.62 bits per heavy atom. The minimum absolute atomic E-state index is 0.144. The zero-order chi connectivity index (χ0) is 11.8. The fraction of sp³-hybridized carbons (Fsp3) is 0.200. The minimum atomic E-state index is -4.72. The molecule has 0 fully saturated rings. The van der Waals surface area contributed by atoms with Gasteiger partial charge in [-0.25, -0.2) is 4.90 Å². The molecule has 0 N–H and O–H groups in total. The Hall–Kier alpha value is -1.85. The Balaban J connectivity index is 2.57. The van der Waals surface area contributed by atoms with E-state index >= 15 is 0 Å². The van der Waals surface area contributed by atoms with Crippen LogP contribution in [0.15, 0.2) is 29.3 Å². The van der Waals surface area contributed by atoms with Crippen LogP contribution in [0.2, 0.25) is 0 Å². The highest BCUT2D eigenvalue weighted by molar-refractivity contribution is 6.05. The van der Waals surface area contributed by atoms with Crippen molar-refractivity contribution in [3.05, 3.63) is 24.3 Å². The second-order valence-electron chi connectivity index (χ2n) is 3.20. The predicted octanol–water partition coefficient (Wildman–Crippen LogP) is 2.65. The van der Waals surface area contributed by atoms with Crippen LogP contribution in [-0.4, -0.2) is 18.4 Å². The normalized spacial score (nSPS) is 15.9. The van der Waals surface area contributed by atoms with Gasteiger partial charge in [0, 0.05) is 6.21 Å². The van der Waals surface area contributed by atoms with E-state index in [2.05, 4.69) is 4.99 Å². The number of carbonyl (C=O) groups excluding carboxylic acids is 1. The zero-order valence-electron chi connectivity index (χ0n) is 8.03. The zero-order valence-corrected chi connectivity index (χ0v) is 8.03. The molecule has 0 aliphatic carbocycles. The number of aliphatic imine (C=N–C) groups is 1. The fourth-order valence-corrected chi connectivity index (χ4v) is 1.49. The van der Waals surface area contributed by atoms with Crippen LogP contribution in [0.4, 0.5) is 24.5 Å². The number of fused-ring (bicyclic) bond motifs is 1. The van der Waals surface area contributed by atoms with Crippen LogP contribution >= 0.6 is 0 Å². The molecule has 84 valence electrons. The Morgan fingerprint density at radius 1 is 1.25 bits per heavy atom. The van der Waals surface area contributed by atoms with Crippen LogP contribution in [0.1, 0.15) is 6.42 Å². The Kier molecular flexibility index (Phi) is 2.41. The van der Waals surface area contributed by atoms with E-state index in [0.717, 1.165) is 0 Å². The molecule has 0 saturated carbocycles. The molecule has 0 unspecified atom stereocenters. The number of para-hydroxylation sites is 2. The molecule has 0 atom stereocenters.